The van der Waals surface area contributed by atoms with Crippen LogP contribution in [0.1, 0.15) is 22.8 Å². The molecule has 0 bridgehead atoms. The van der Waals surface area contributed by atoms with Gasteiger partial charge in [0, 0.05) is 17.8 Å². The van der Waals surface area contributed by atoms with E-state index in [1.54, 1.807) is 19.1 Å². The van der Waals surface area contributed by atoms with Crippen molar-refractivity contribution in [3.63, 3.8) is 0 Å². The molecule has 0 aromatic heterocycles. The maximum absolute atomic E-state index is 12.4. The fraction of sp³-hybridized carbons (Fsp3) is 0.176. The first-order valence-corrected chi connectivity index (χ1v) is 9.14. The minimum Gasteiger partial charge on any atom is -0.324 e. The van der Waals surface area contributed by atoms with Crippen molar-refractivity contribution >= 4 is 27.5 Å². The molecule has 0 radical (unpaired) electrons. The lowest BCUT2D eigenvalue weighted by molar-refractivity contribution is -0.120. The highest BCUT2D eigenvalue weighted by molar-refractivity contribution is 7.89. The van der Waals surface area contributed by atoms with E-state index in [4.69, 9.17) is 5.14 Å². The minimum absolute atomic E-state index is 0.0382. The Morgan fingerprint density at radius 1 is 1.16 bits per heavy atom. The van der Waals surface area contributed by atoms with Crippen molar-refractivity contribution in [2.45, 2.75) is 24.4 Å². The number of anilines is 1. The van der Waals surface area contributed by atoms with E-state index in [2.05, 4.69) is 5.32 Å². The van der Waals surface area contributed by atoms with Gasteiger partial charge in [-0.3, -0.25) is 9.59 Å². The zero-order valence-corrected chi connectivity index (χ0v) is 14.3. The maximum Gasteiger partial charge on any atom is 0.255 e. The van der Waals surface area contributed by atoms with Crippen molar-refractivity contribution in [1.82, 2.24) is 4.90 Å². The van der Waals surface area contributed by atoms with E-state index in [0.717, 1.165) is 5.56 Å². The fourth-order valence-corrected chi connectivity index (χ4v) is 3.22. The first-order chi connectivity index (χ1) is 11.8. The molecule has 1 aliphatic heterocycles. The Labute approximate surface area is 145 Å². The van der Waals surface area contributed by atoms with Gasteiger partial charge in [-0.05, 0) is 42.8 Å². The predicted molar refractivity (Wildman–Crippen MR) is 92.2 cm³/mol. The summed E-state index contributed by atoms with van der Waals surface area (Å²) in [5.41, 5.74) is 1.93. The lowest BCUT2D eigenvalue weighted by Gasteiger charge is -2.23. The summed E-state index contributed by atoms with van der Waals surface area (Å²) in [6.07, 6.45) is 0. The third kappa shape index (κ3) is 3.40. The third-order valence-electron chi connectivity index (χ3n) is 4.15. The van der Waals surface area contributed by atoms with Crippen molar-refractivity contribution in [3.05, 3.63) is 59.7 Å². The molecule has 130 valence electrons. The second-order valence-electron chi connectivity index (χ2n) is 5.82. The largest absolute Gasteiger partial charge is 0.324 e. The van der Waals surface area contributed by atoms with Crippen LogP contribution in [0.3, 0.4) is 0 Å². The number of benzene rings is 2. The van der Waals surface area contributed by atoms with Crippen molar-refractivity contribution in [2.24, 2.45) is 5.14 Å². The highest BCUT2D eigenvalue weighted by Gasteiger charge is 2.33. The Kier molecular flexibility index (Phi) is 4.32. The molecule has 0 spiro atoms. The molecule has 0 unspecified atom stereocenters. The van der Waals surface area contributed by atoms with Crippen LogP contribution in [0.15, 0.2) is 53.4 Å². The topological polar surface area (TPSA) is 110 Å². The zero-order chi connectivity index (χ0) is 18.2. The molecular formula is C17H17N3O4S. The van der Waals surface area contributed by atoms with Gasteiger partial charge in [-0.2, -0.15) is 0 Å². The van der Waals surface area contributed by atoms with Crippen LogP contribution in [0, 0.1) is 0 Å². The normalized spacial score (nSPS) is 15.0. The van der Waals surface area contributed by atoms with E-state index < -0.39 is 16.1 Å². The Bertz CT molecular complexity index is 939. The van der Waals surface area contributed by atoms with E-state index in [1.165, 1.54) is 29.2 Å². The smallest absolute Gasteiger partial charge is 0.255 e. The number of rotatable bonds is 4. The molecule has 25 heavy (non-hydrogen) atoms. The number of primary sulfonamides is 1. The molecule has 8 heteroatoms. The number of amides is 2. The Morgan fingerprint density at radius 3 is 2.40 bits per heavy atom. The summed E-state index contributed by atoms with van der Waals surface area (Å²) in [6.45, 7) is 2.03. The Morgan fingerprint density at radius 2 is 1.80 bits per heavy atom. The summed E-state index contributed by atoms with van der Waals surface area (Å²) in [7, 11) is -3.78. The summed E-state index contributed by atoms with van der Waals surface area (Å²) < 4.78 is 22.5. The molecule has 0 saturated carbocycles. The zero-order valence-electron chi connectivity index (χ0n) is 13.5. The van der Waals surface area contributed by atoms with E-state index in [-0.39, 0.29) is 16.7 Å². The number of fused-ring (bicyclic) bond motifs is 1. The van der Waals surface area contributed by atoms with Crippen molar-refractivity contribution < 1.29 is 18.0 Å². The van der Waals surface area contributed by atoms with Gasteiger partial charge in [-0.15, -0.1) is 0 Å². The molecule has 1 atom stereocenters. The van der Waals surface area contributed by atoms with E-state index in [9.17, 15) is 18.0 Å². The van der Waals surface area contributed by atoms with Crippen LogP contribution < -0.4 is 10.5 Å². The molecule has 2 aromatic carbocycles. The van der Waals surface area contributed by atoms with Crippen LogP contribution in [0.5, 0.6) is 0 Å². The number of hydrogen-bond donors (Lipinski definition) is 2. The second kappa shape index (κ2) is 6.30. The molecule has 1 heterocycles. The number of nitrogens with zero attached hydrogens (tertiary/aromatic N) is 1. The summed E-state index contributed by atoms with van der Waals surface area (Å²) in [4.78, 5) is 26.3. The lowest BCUT2D eigenvalue weighted by atomic mass is 10.1. The van der Waals surface area contributed by atoms with Gasteiger partial charge in [0.05, 0.1) is 4.90 Å². The summed E-state index contributed by atoms with van der Waals surface area (Å²) in [5, 5.41) is 7.71. The Balaban J connectivity index is 1.71. The highest BCUT2D eigenvalue weighted by atomic mass is 32.2. The fourth-order valence-electron chi connectivity index (χ4n) is 2.71. The van der Waals surface area contributed by atoms with Gasteiger partial charge in [0.15, 0.2) is 0 Å². The summed E-state index contributed by atoms with van der Waals surface area (Å²) in [6, 6.07) is 12.1. The van der Waals surface area contributed by atoms with Gasteiger partial charge in [-0.25, -0.2) is 13.6 Å². The number of carbonyl (C=O) groups is 2. The molecule has 3 rings (SSSR count). The van der Waals surface area contributed by atoms with Crippen LogP contribution in [-0.4, -0.2) is 31.2 Å². The molecule has 2 aromatic rings. The molecular weight excluding hydrogens is 342 g/mol. The van der Waals surface area contributed by atoms with Crippen LogP contribution in [0.25, 0.3) is 0 Å². The monoisotopic (exact) mass is 359 g/mol. The number of carbonyl (C=O) groups excluding carboxylic acids is 2. The first kappa shape index (κ1) is 17.1. The first-order valence-electron chi connectivity index (χ1n) is 7.60. The SMILES string of the molecule is C[C@H](C(=O)Nc1ccc(S(N)(=O)=O)cc1)N1Cc2ccccc2C1=O. The second-order valence-corrected chi connectivity index (χ2v) is 7.39. The molecule has 0 saturated heterocycles. The predicted octanol–water partition coefficient (Wildman–Crippen LogP) is 1.32. The molecule has 3 N–H and O–H groups in total. The lowest BCUT2D eigenvalue weighted by Crippen LogP contribution is -2.42. The summed E-state index contributed by atoms with van der Waals surface area (Å²) >= 11 is 0. The maximum atomic E-state index is 12.4. The quantitative estimate of drug-likeness (QED) is 0.858. The average Bonchev–Trinajstić information content (AvgIpc) is 2.91. The van der Waals surface area contributed by atoms with Gasteiger partial charge < -0.3 is 10.2 Å². The van der Waals surface area contributed by atoms with Crippen LogP contribution in [0.4, 0.5) is 5.69 Å². The van der Waals surface area contributed by atoms with Gasteiger partial charge in [0.2, 0.25) is 15.9 Å². The highest BCUT2D eigenvalue weighted by Crippen LogP contribution is 2.24. The summed E-state index contributed by atoms with van der Waals surface area (Å²) in [5.74, 6) is -0.535. The van der Waals surface area contributed by atoms with Crippen molar-refractivity contribution in [1.29, 1.82) is 0 Å². The molecule has 0 aliphatic carbocycles. The van der Waals surface area contributed by atoms with Crippen LogP contribution in [0.2, 0.25) is 0 Å². The van der Waals surface area contributed by atoms with Gasteiger partial charge in [0.25, 0.3) is 5.91 Å². The van der Waals surface area contributed by atoms with Crippen molar-refractivity contribution in [3.8, 4) is 0 Å². The molecule has 7 nitrogen and oxygen atoms in total. The van der Waals surface area contributed by atoms with Gasteiger partial charge in [0.1, 0.15) is 6.04 Å². The van der Waals surface area contributed by atoms with E-state index >= 15 is 0 Å². The standard InChI is InChI=1S/C17H17N3O4S/c1-11(20-10-12-4-2-3-5-15(12)17(20)22)16(21)19-13-6-8-14(9-7-13)25(18,23)24/h2-9,11H,10H2,1H3,(H,19,21)(H2,18,23,24)/t11-/m1/s1. The van der Waals surface area contributed by atoms with Gasteiger partial charge in [-0.1, -0.05) is 18.2 Å². The van der Waals surface area contributed by atoms with E-state index in [0.29, 0.717) is 17.8 Å². The van der Waals surface area contributed by atoms with Crippen LogP contribution >= 0.6 is 0 Å². The third-order valence-corrected chi connectivity index (χ3v) is 5.08. The number of sulfonamides is 1. The number of hydrogen-bond acceptors (Lipinski definition) is 4. The van der Waals surface area contributed by atoms with E-state index in [1.807, 2.05) is 12.1 Å². The Hall–Kier alpha value is -2.71. The molecule has 0 fully saturated rings. The number of nitrogens with two attached hydrogens (primary N) is 1. The number of nitrogens with one attached hydrogen (secondary N) is 1. The minimum atomic E-state index is -3.78. The van der Waals surface area contributed by atoms with Crippen molar-refractivity contribution in [2.75, 3.05) is 5.32 Å². The van der Waals surface area contributed by atoms with Crippen LogP contribution in [-0.2, 0) is 21.4 Å². The average molecular weight is 359 g/mol. The van der Waals surface area contributed by atoms with Gasteiger partial charge >= 0.3 is 0 Å². The molecule has 1 aliphatic rings. The molecule has 2 amide bonds.